The van der Waals surface area contributed by atoms with E-state index < -0.39 is 0 Å². The Kier molecular flexibility index (Phi) is 5.52. The molecular weight excluding hydrogens is 256 g/mol. The van der Waals surface area contributed by atoms with Gasteiger partial charge >= 0.3 is 5.97 Å². The molecule has 0 radical (unpaired) electrons. The van der Waals surface area contributed by atoms with Crippen LogP contribution in [0.15, 0.2) is 24.3 Å². The summed E-state index contributed by atoms with van der Waals surface area (Å²) in [6.07, 6.45) is 0.715. The Labute approximate surface area is 119 Å². The first-order valence-corrected chi connectivity index (χ1v) is 7.04. The van der Waals surface area contributed by atoms with Crippen LogP contribution in [0.3, 0.4) is 0 Å². The van der Waals surface area contributed by atoms with Crippen molar-refractivity contribution in [2.24, 2.45) is 0 Å². The average molecular weight is 278 g/mol. The molecule has 5 heteroatoms. The lowest BCUT2D eigenvalue weighted by molar-refractivity contribution is -0.131. The summed E-state index contributed by atoms with van der Waals surface area (Å²) in [6, 6.07) is 7.78. The summed E-state index contributed by atoms with van der Waals surface area (Å²) in [5.74, 6) is 0.246. The third-order valence-electron chi connectivity index (χ3n) is 3.52. The minimum atomic E-state index is -0.313. The van der Waals surface area contributed by atoms with Crippen LogP contribution in [0.25, 0.3) is 0 Å². The predicted molar refractivity (Wildman–Crippen MR) is 76.6 cm³/mol. The molecule has 1 aromatic rings. The molecule has 0 spiro atoms. The second-order valence-electron chi connectivity index (χ2n) is 4.98. The molecule has 0 amide bonds. The first-order chi connectivity index (χ1) is 9.70. The summed E-state index contributed by atoms with van der Waals surface area (Å²) < 4.78 is 5.04. The van der Waals surface area contributed by atoms with Gasteiger partial charge in [0.1, 0.15) is 5.75 Å². The number of ether oxygens (including phenoxy) is 1. The second kappa shape index (κ2) is 7.38. The van der Waals surface area contributed by atoms with Crippen molar-refractivity contribution in [2.45, 2.75) is 19.4 Å². The molecule has 110 valence electrons. The minimum Gasteiger partial charge on any atom is -0.427 e. The molecule has 1 aliphatic rings. The highest BCUT2D eigenvalue weighted by Gasteiger charge is 2.21. The Morgan fingerprint density at radius 1 is 1.35 bits per heavy atom. The number of carbonyl (C=O) groups excluding carboxylic acids is 1. The van der Waals surface area contributed by atoms with Crippen molar-refractivity contribution >= 4 is 5.97 Å². The average Bonchev–Trinajstić information content (AvgIpc) is 2.46. The molecule has 1 fully saturated rings. The van der Waals surface area contributed by atoms with Crippen molar-refractivity contribution in [1.29, 1.82) is 0 Å². The van der Waals surface area contributed by atoms with E-state index in [1.165, 1.54) is 6.92 Å². The number of aliphatic hydroxyl groups is 1. The van der Waals surface area contributed by atoms with Gasteiger partial charge in [0.15, 0.2) is 0 Å². The van der Waals surface area contributed by atoms with Gasteiger partial charge in [-0.15, -0.1) is 0 Å². The summed E-state index contributed by atoms with van der Waals surface area (Å²) in [6.45, 7) is 5.48. The summed E-state index contributed by atoms with van der Waals surface area (Å²) in [7, 11) is 0. The van der Waals surface area contributed by atoms with E-state index in [2.05, 4.69) is 10.2 Å². The fourth-order valence-corrected chi connectivity index (χ4v) is 2.60. The molecule has 5 nitrogen and oxygen atoms in total. The lowest BCUT2D eigenvalue weighted by Gasteiger charge is -2.35. The van der Waals surface area contributed by atoms with Crippen LogP contribution >= 0.6 is 0 Å². The number of esters is 1. The smallest absolute Gasteiger partial charge is 0.308 e. The van der Waals surface area contributed by atoms with Gasteiger partial charge in [0.25, 0.3) is 0 Å². The quantitative estimate of drug-likeness (QED) is 0.620. The minimum absolute atomic E-state index is 0.167. The number of rotatable bonds is 5. The molecule has 0 aromatic heterocycles. The third-order valence-corrected chi connectivity index (χ3v) is 3.52. The summed E-state index contributed by atoms with van der Waals surface area (Å²) in [4.78, 5) is 13.3. The molecule has 0 saturated carbocycles. The van der Waals surface area contributed by atoms with Crippen LogP contribution in [0.5, 0.6) is 5.75 Å². The van der Waals surface area contributed by atoms with Crippen molar-refractivity contribution in [2.75, 3.05) is 32.8 Å². The number of aliphatic hydroxyl groups excluding tert-OH is 1. The second-order valence-corrected chi connectivity index (χ2v) is 4.98. The topological polar surface area (TPSA) is 61.8 Å². The number of carbonyl (C=O) groups is 1. The Bertz CT molecular complexity index is 427. The van der Waals surface area contributed by atoms with Crippen LogP contribution in [-0.4, -0.2) is 48.8 Å². The molecule has 2 N–H and O–H groups in total. The van der Waals surface area contributed by atoms with Gasteiger partial charge < -0.3 is 15.2 Å². The number of nitrogens with zero attached hydrogens (tertiary/aromatic N) is 1. The van der Waals surface area contributed by atoms with Crippen LogP contribution in [0.1, 0.15) is 24.9 Å². The first kappa shape index (κ1) is 15.0. The fourth-order valence-electron chi connectivity index (χ4n) is 2.60. The van der Waals surface area contributed by atoms with Gasteiger partial charge in [-0.05, 0) is 24.1 Å². The van der Waals surface area contributed by atoms with Gasteiger partial charge in [0.2, 0.25) is 0 Å². The molecule has 0 bridgehead atoms. The van der Waals surface area contributed by atoms with E-state index in [0.717, 1.165) is 31.7 Å². The standard InChI is InChI=1S/C15H22N2O3/c1-12(19)20-14-4-2-13(3-5-14)15(6-11-18)17-9-7-16-8-10-17/h2-5,15-16,18H,6-11H2,1H3/t15-/m0/s1. The Morgan fingerprint density at radius 2 is 2.00 bits per heavy atom. The molecule has 1 aromatic carbocycles. The van der Waals surface area contributed by atoms with Crippen LogP contribution in [-0.2, 0) is 4.79 Å². The Morgan fingerprint density at radius 3 is 2.55 bits per heavy atom. The van der Waals surface area contributed by atoms with Gasteiger partial charge in [-0.3, -0.25) is 9.69 Å². The Balaban J connectivity index is 2.09. The predicted octanol–water partition coefficient (Wildman–Crippen LogP) is 0.941. The van der Waals surface area contributed by atoms with Crippen molar-refractivity contribution < 1.29 is 14.6 Å². The van der Waals surface area contributed by atoms with Gasteiger partial charge in [-0.1, -0.05) is 12.1 Å². The van der Waals surface area contributed by atoms with E-state index in [1.807, 2.05) is 24.3 Å². The maximum Gasteiger partial charge on any atom is 0.308 e. The third kappa shape index (κ3) is 4.03. The van der Waals surface area contributed by atoms with Crippen LogP contribution in [0.2, 0.25) is 0 Å². The number of nitrogens with one attached hydrogen (secondary N) is 1. The molecule has 1 heterocycles. The van der Waals surface area contributed by atoms with Crippen molar-refractivity contribution in [1.82, 2.24) is 10.2 Å². The maximum atomic E-state index is 10.9. The van der Waals surface area contributed by atoms with Crippen LogP contribution < -0.4 is 10.1 Å². The molecule has 0 unspecified atom stereocenters. The van der Waals surface area contributed by atoms with Gasteiger partial charge in [0.05, 0.1) is 0 Å². The largest absolute Gasteiger partial charge is 0.427 e. The fraction of sp³-hybridized carbons (Fsp3) is 0.533. The lowest BCUT2D eigenvalue weighted by Crippen LogP contribution is -2.45. The number of benzene rings is 1. The highest BCUT2D eigenvalue weighted by atomic mass is 16.5. The number of piperazine rings is 1. The monoisotopic (exact) mass is 278 g/mol. The zero-order valence-corrected chi connectivity index (χ0v) is 11.8. The maximum absolute atomic E-state index is 10.9. The van der Waals surface area contributed by atoms with Crippen LogP contribution in [0, 0.1) is 0 Å². The lowest BCUT2D eigenvalue weighted by atomic mass is 10.0. The highest BCUT2D eigenvalue weighted by Crippen LogP contribution is 2.26. The summed E-state index contributed by atoms with van der Waals surface area (Å²) in [5.41, 5.74) is 1.15. The summed E-state index contributed by atoms with van der Waals surface area (Å²) in [5, 5.41) is 12.6. The van der Waals surface area contributed by atoms with Crippen molar-refractivity contribution in [3.8, 4) is 5.75 Å². The molecular formula is C15H22N2O3. The van der Waals surface area contributed by atoms with E-state index in [4.69, 9.17) is 4.74 Å². The molecule has 20 heavy (non-hydrogen) atoms. The molecule has 1 atom stereocenters. The first-order valence-electron chi connectivity index (χ1n) is 7.04. The van der Waals surface area contributed by atoms with E-state index in [0.29, 0.717) is 12.2 Å². The van der Waals surface area contributed by atoms with E-state index in [-0.39, 0.29) is 18.6 Å². The van der Waals surface area contributed by atoms with E-state index in [9.17, 15) is 9.90 Å². The van der Waals surface area contributed by atoms with E-state index in [1.54, 1.807) is 0 Å². The SMILES string of the molecule is CC(=O)Oc1ccc([C@H](CCO)N2CCNCC2)cc1. The van der Waals surface area contributed by atoms with Crippen LogP contribution in [0.4, 0.5) is 0 Å². The molecule has 2 rings (SSSR count). The van der Waals surface area contributed by atoms with Gasteiger partial charge in [0, 0.05) is 45.8 Å². The number of hydrogen-bond donors (Lipinski definition) is 2. The van der Waals surface area contributed by atoms with Crippen molar-refractivity contribution in [3.05, 3.63) is 29.8 Å². The van der Waals surface area contributed by atoms with E-state index >= 15 is 0 Å². The van der Waals surface area contributed by atoms with Gasteiger partial charge in [-0.25, -0.2) is 0 Å². The molecule has 0 aliphatic carbocycles. The molecule has 1 aliphatic heterocycles. The normalized spacial score (nSPS) is 17.7. The summed E-state index contributed by atoms with van der Waals surface area (Å²) >= 11 is 0. The Hall–Kier alpha value is -1.43. The zero-order chi connectivity index (χ0) is 14.4. The highest BCUT2D eigenvalue weighted by molar-refractivity contribution is 5.69. The van der Waals surface area contributed by atoms with Crippen molar-refractivity contribution in [3.63, 3.8) is 0 Å². The number of hydrogen-bond acceptors (Lipinski definition) is 5. The zero-order valence-electron chi connectivity index (χ0n) is 11.8. The molecule has 1 saturated heterocycles. The van der Waals surface area contributed by atoms with Gasteiger partial charge in [-0.2, -0.15) is 0 Å².